The van der Waals surface area contributed by atoms with E-state index >= 15 is 0 Å². The van der Waals surface area contributed by atoms with Gasteiger partial charge in [0.25, 0.3) is 5.56 Å². The summed E-state index contributed by atoms with van der Waals surface area (Å²) in [7, 11) is 3.07. The molecule has 7 heteroatoms. The molecule has 128 valence electrons. The maximum atomic E-state index is 12.6. The van der Waals surface area contributed by atoms with Gasteiger partial charge >= 0.3 is 5.69 Å². The van der Waals surface area contributed by atoms with Crippen LogP contribution in [0.4, 0.5) is 0 Å². The molecule has 0 saturated carbocycles. The summed E-state index contributed by atoms with van der Waals surface area (Å²) in [6.07, 6.45) is 1.75. The lowest BCUT2D eigenvalue weighted by molar-refractivity contribution is 0.703. The topological polar surface area (TPSA) is 69.8 Å². The van der Waals surface area contributed by atoms with Crippen LogP contribution >= 0.6 is 11.8 Å². The van der Waals surface area contributed by atoms with Crippen molar-refractivity contribution in [2.45, 2.75) is 11.9 Å². The summed E-state index contributed by atoms with van der Waals surface area (Å²) in [4.78, 5) is 34.0. The first-order valence-electron chi connectivity index (χ1n) is 7.72. The fourth-order valence-electron chi connectivity index (χ4n) is 2.58. The van der Waals surface area contributed by atoms with Crippen molar-refractivity contribution in [3.05, 3.63) is 63.3 Å². The fourth-order valence-corrected chi connectivity index (χ4v) is 3.33. The Morgan fingerprint density at radius 1 is 1.20 bits per heavy atom. The fraction of sp³-hybridized carbons (Fsp3) is 0.222. The van der Waals surface area contributed by atoms with Crippen LogP contribution in [0.1, 0.15) is 5.56 Å². The molecule has 0 saturated heterocycles. The number of benzene rings is 1. The SMILES string of the molecule is C=CCSc1nc(-c2cccc(C)c2)nc2c1c(=O)n(C)c(=O)n2C. The van der Waals surface area contributed by atoms with Gasteiger partial charge in [-0.3, -0.25) is 13.9 Å². The zero-order valence-electron chi connectivity index (χ0n) is 14.3. The van der Waals surface area contributed by atoms with Gasteiger partial charge in [-0.25, -0.2) is 14.8 Å². The molecule has 3 aromatic rings. The maximum Gasteiger partial charge on any atom is 0.332 e. The average Bonchev–Trinajstić information content (AvgIpc) is 2.62. The van der Waals surface area contributed by atoms with Crippen LogP contribution in [0.15, 0.2) is 51.5 Å². The molecule has 0 aliphatic heterocycles. The van der Waals surface area contributed by atoms with Crippen molar-refractivity contribution < 1.29 is 0 Å². The van der Waals surface area contributed by atoms with Crippen LogP contribution in [0.5, 0.6) is 0 Å². The Bertz CT molecular complexity index is 1100. The lowest BCUT2D eigenvalue weighted by Crippen LogP contribution is -2.37. The van der Waals surface area contributed by atoms with Gasteiger partial charge in [-0.1, -0.05) is 29.8 Å². The number of hydrogen-bond donors (Lipinski definition) is 0. The number of nitrogens with zero attached hydrogens (tertiary/aromatic N) is 4. The Morgan fingerprint density at radius 3 is 2.64 bits per heavy atom. The molecular weight excluding hydrogens is 336 g/mol. The molecule has 0 aliphatic rings. The molecule has 0 aliphatic carbocycles. The zero-order chi connectivity index (χ0) is 18.1. The maximum absolute atomic E-state index is 12.6. The Hall–Kier alpha value is -2.67. The standard InChI is InChI=1S/C18H18N4O2S/c1-5-9-25-16-13-15(21(3)18(24)22(4)17(13)23)19-14(20-16)12-8-6-7-11(2)10-12/h5-8,10H,1,9H2,2-4H3. The summed E-state index contributed by atoms with van der Waals surface area (Å²) in [6, 6.07) is 7.80. The number of aryl methyl sites for hydroxylation is 2. The van der Waals surface area contributed by atoms with Crippen molar-refractivity contribution in [2.24, 2.45) is 14.1 Å². The van der Waals surface area contributed by atoms with Crippen LogP contribution in [0.3, 0.4) is 0 Å². The molecule has 0 radical (unpaired) electrons. The van der Waals surface area contributed by atoms with Crippen LogP contribution in [-0.2, 0) is 14.1 Å². The largest absolute Gasteiger partial charge is 0.332 e. The van der Waals surface area contributed by atoms with Gasteiger partial charge in [-0.05, 0) is 13.0 Å². The number of fused-ring (bicyclic) bond motifs is 1. The Labute approximate surface area is 148 Å². The smallest absolute Gasteiger partial charge is 0.280 e. The van der Waals surface area contributed by atoms with Crippen molar-refractivity contribution in [3.63, 3.8) is 0 Å². The lowest BCUT2D eigenvalue weighted by Gasteiger charge is -2.11. The Morgan fingerprint density at radius 2 is 1.96 bits per heavy atom. The molecular formula is C18H18N4O2S. The number of aromatic nitrogens is 4. The molecule has 0 bridgehead atoms. The zero-order valence-corrected chi connectivity index (χ0v) is 15.1. The molecule has 0 spiro atoms. The van der Waals surface area contributed by atoms with Gasteiger partial charge in [0.05, 0.1) is 0 Å². The first-order chi connectivity index (χ1) is 11.9. The van der Waals surface area contributed by atoms with E-state index in [1.807, 2.05) is 31.2 Å². The van der Waals surface area contributed by atoms with Gasteiger partial charge < -0.3 is 0 Å². The van der Waals surface area contributed by atoms with E-state index in [1.165, 1.54) is 23.4 Å². The van der Waals surface area contributed by atoms with Crippen molar-refractivity contribution in [3.8, 4) is 11.4 Å². The van der Waals surface area contributed by atoms with Gasteiger partial charge in [-0.15, -0.1) is 18.3 Å². The summed E-state index contributed by atoms with van der Waals surface area (Å²) in [5.74, 6) is 1.09. The van der Waals surface area contributed by atoms with E-state index in [2.05, 4.69) is 16.5 Å². The van der Waals surface area contributed by atoms with Gasteiger partial charge in [-0.2, -0.15) is 0 Å². The van der Waals surface area contributed by atoms with Crippen molar-refractivity contribution >= 4 is 22.8 Å². The van der Waals surface area contributed by atoms with E-state index in [0.717, 1.165) is 15.7 Å². The highest BCUT2D eigenvalue weighted by Crippen LogP contribution is 2.26. The molecule has 2 aromatic heterocycles. The van der Waals surface area contributed by atoms with E-state index in [-0.39, 0.29) is 5.56 Å². The van der Waals surface area contributed by atoms with E-state index in [9.17, 15) is 9.59 Å². The summed E-state index contributed by atoms with van der Waals surface area (Å²) in [5.41, 5.74) is 1.47. The molecule has 0 fully saturated rings. The highest BCUT2D eigenvalue weighted by Gasteiger charge is 2.17. The van der Waals surface area contributed by atoms with Gasteiger partial charge in [0.15, 0.2) is 11.5 Å². The summed E-state index contributed by atoms with van der Waals surface area (Å²) >= 11 is 1.40. The number of thioether (sulfide) groups is 1. The minimum atomic E-state index is -0.411. The monoisotopic (exact) mass is 354 g/mol. The summed E-state index contributed by atoms with van der Waals surface area (Å²) < 4.78 is 2.46. The predicted molar refractivity (Wildman–Crippen MR) is 101 cm³/mol. The molecule has 0 unspecified atom stereocenters. The molecule has 3 rings (SSSR count). The third-order valence-corrected chi connectivity index (χ3v) is 4.85. The van der Waals surface area contributed by atoms with E-state index < -0.39 is 5.69 Å². The number of hydrogen-bond acceptors (Lipinski definition) is 5. The molecule has 0 amide bonds. The summed E-state index contributed by atoms with van der Waals surface area (Å²) in [5, 5.41) is 0.908. The van der Waals surface area contributed by atoms with E-state index in [1.54, 1.807) is 13.1 Å². The van der Waals surface area contributed by atoms with Crippen molar-refractivity contribution in [2.75, 3.05) is 5.75 Å². The third-order valence-electron chi connectivity index (χ3n) is 3.88. The Kier molecular flexibility index (Phi) is 4.59. The van der Waals surface area contributed by atoms with Gasteiger partial charge in [0, 0.05) is 25.4 Å². The quantitative estimate of drug-likeness (QED) is 0.408. The van der Waals surface area contributed by atoms with Crippen molar-refractivity contribution in [1.29, 1.82) is 0 Å². The lowest BCUT2D eigenvalue weighted by atomic mass is 10.1. The first kappa shape index (κ1) is 17.2. The molecule has 0 N–H and O–H groups in total. The highest BCUT2D eigenvalue weighted by atomic mass is 32.2. The average molecular weight is 354 g/mol. The van der Waals surface area contributed by atoms with Crippen LogP contribution in [-0.4, -0.2) is 24.9 Å². The van der Waals surface area contributed by atoms with E-state index in [4.69, 9.17) is 0 Å². The van der Waals surface area contributed by atoms with E-state index in [0.29, 0.717) is 27.6 Å². The molecule has 1 aromatic carbocycles. The highest BCUT2D eigenvalue weighted by molar-refractivity contribution is 7.99. The second-order valence-corrected chi connectivity index (χ2v) is 6.73. The minimum absolute atomic E-state index is 0.339. The van der Waals surface area contributed by atoms with Gasteiger partial charge in [0.1, 0.15) is 10.4 Å². The van der Waals surface area contributed by atoms with Crippen LogP contribution in [0, 0.1) is 6.92 Å². The number of rotatable bonds is 4. The van der Waals surface area contributed by atoms with Gasteiger partial charge in [0.2, 0.25) is 0 Å². The second kappa shape index (κ2) is 6.68. The minimum Gasteiger partial charge on any atom is -0.280 e. The predicted octanol–water partition coefficient (Wildman–Crippen LogP) is 2.28. The third kappa shape index (κ3) is 3.02. The van der Waals surface area contributed by atoms with Crippen molar-refractivity contribution in [1.82, 2.24) is 19.1 Å². The molecule has 0 atom stereocenters. The van der Waals surface area contributed by atoms with Crippen LogP contribution < -0.4 is 11.2 Å². The van der Waals surface area contributed by atoms with Crippen LogP contribution in [0.2, 0.25) is 0 Å². The molecule has 25 heavy (non-hydrogen) atoms. The van der Waals surface area contributed by atoms with Crippen LogP contribution in [0.25, 0.3) is 22.4 Å². The second-order valence-electron chi connectivity index (χ2n) is 5.73. The molecule has 6 nitrogen and oxygen atoms in total. The normalized spacial score (nSPS) is 11.0. The first-order valence-corrected chi connectivity index (χ1v) is 8.71. The summed E-state index contributed by atoms with van der Waals surface area (Å²) in [6.45, 7) is 5.71. The Balaban J connectivity index is 2.41. The molecule has 2 heterocycles.